The van der Waals surface area contributed by atoms with E-state index in [1.807, 2.05) is 18.7 Å². The van der Waals surface area contributed by atoms with Gasteiger partial charge in [-0.1, -0.05) is 0 Å². The lowest BCUT2D eigenvalue weighted by atomic mass is 10.2. The van der Waals surface area contributed by atoms with Gasteiger partial charge in [0.05, 0.1) is 12.5 Å². The molecule has 1 N–H and O–H groups in total. The van der Waals surface area contributed by atoms with Gasteiger partial charge in [-0.25, -0.2) is 0 Å². The highest BCUT2D eigenvalue weighted by molar-refractivity contribution is 7.99. The summed E-state index contributed by atoms with van der Waals surface area (Å²) in [7, 11) is 0. The predicted octanol–water partition coefficient (Wildman–Crippen LogP) is 0.229. The van der Waals surface area contributed by atoms with Gasteiger partial charge in [-0.3, -0.25) is 14.5 Å². The standard InChI is InChI=1S/C10H16N2O2S/c1-2-12-9(13)5-8(10(12)14)11-7-3-4-15-6-7/h7-8,11H,2-6H2,1H3. The molecule has 2 aliphatic heterocycles. The van der Waals surface area contributed by atoms with Crippen molar-refractivity contribution in [2.75, 3.05) is 18.1 Å². The summed E-state index contributed by atoms with van der Waals surface area (Å²) in [5.74, 6) is 2.14. The SMILES string of the molecule is CCN1C(=O)CC(NC2CCSC2)C1=O. The van der Waals surface area contributed by atoms with E-state index >= 15 is 0 Å². The molecule has 15 heavy (non-hydrogen) atoms. The second kappa shape index (κ2) is 4.53. The van der Waals surface area contributed by atoms with Crippen molar-refractivity contribution in [2.45, 2.75) is 31.8 Å². The van der Waals surface area contributed by atoms with Crippen molar-refractivity contribution >= 4 is 23.6 Å². The van der Waals surface area contributed by atoms with Crippen LogP contribution in [0.5, 0.6) is 0 Å². The molecule has 0 aromatic heterocycles. The maximum absolute atomic E-state index is 11.8. The first-order valence-electron chi connectivity index (χ1n) is 5.40. The Labute approximate surface area is 93.8 Å². The van der Waals surface area contributed by atoms with Gasteiger partial charge in [0.25, 0.3) is 0 Å². The number of carbonyl (C=O) groups is 2. The number of carbonyl (C=O) groups excluding carboxylic acids is 2. The summed E-state index contributed by atoms with van der Waals surface area (Å²) in [6, 6.07) is 0.148. The summed E-state index contributed by atoms with van der Waals surface area (Å²) < 4.78 is 0. The van der Waals surface area contributed by atoms with Gasteiger partial charge < -0.3 is 5.32 Å². The smallest absolute Gasteiger partial charge is 0.246 e. The van der Waals surface area contributed by atoms with Gasteiger partial charge in [-0.05, 0) is 19.1 Å². The third kappa shape index (κ3) is 2.18. The van der Waals surface area contributed by atoms with Crippen LogP contribution in [-0.2, 0) is 9.59 Å². The van der Waals surface area contributed by atoms with Gasteiger partial charge >= 0.3 is 0 Å². The van der Waals surface area contributed by atoms with E-state index in [0.29, 0.717) is 19.0 Å². The molecule has 4 nitrogen and oxygen atoms in total. The normalized spacial score (nSPS) is 31.7. The minimum Gasteiger partial charge on any atom is -0.302 e. The Hall–Kier alpha value is -0.550. The molecule has 0 aromatic carbocycles. The zero-order chi connectivity index (χ0) is 10.8. The van der Waals surface area contributed by atoms with E-state index < -0.39 is 0 Å². The Morgan fingerprint density at radius 2 is 2.33 bits per heavy atom. The molecule has 2 aliphatic rings. The minimum absolute atomic E-state index is 0.0364. The maximum Gasteiger partial charge on any atom is 0.246 e. The highest BCUT2D eigenvalue weighted by atomic mass is 32.2. The summed E-state index contributed by atoms with van der Waals surface area (Å²) in [5.41, 5.74) is 0. The van der Waals surface area contributed by atoms with Gasteiger partial charge in [-0.15, -0.1) is 0 Å². The fourth-order valence-corrected chi connectivity index (χ4v) is 3.26. The van der Waals surface area contributed by atoms with Crippen LogP contribution in [0.1, 0.15) is 19.8 Å². The highest BCUT2D eigenvalue weighted by Crippen LogP contribution is 2.20. The zero-order valence-electron chi connectivity index (χ0n) is 8.86. The van der Waals surface area contributed by atoms with Crippen molar-refractivity contribution < 1.29 is 9.59 Å². The van der Waals surface area contributed by atoms with Crippen LogP contribution in [0.25, 0.3) is 0 Å². The fraction of sp³-hybridized carbons (Fsp3) is 0.800. The van der Waals surface area contributed by atoms with Crippen LogP contribution in [-0.4, -0.2) is 46.8 Å². The van der Waals surface area contributed by atoms with E-state index in [-0.39, 0.29) is 17.9 Å². The van der Waals surface area contributed by atoms with Crippen LogP contribution >= 0.6 is 11.8 Å². The van der Waals surface area contributed by atoms with Crippen LogP contribution < -0.4 is 5.32 Å². The summed E-state index contributed by atoms with van der Waals surface area (Å²) in [4.78, 5) is 24.6. The Morgan fingerprint density at radius 1 is 1.53 bits per heavy atom. The monoisotopic (exact) mass is 228 g/mol. The molecule has 2 heterocycles. The van der Waals surface area contributed by atoms with Crippen molar-refractivity contribution in [3.63, 3.8) is 0 Å². The molecule has 0 saturated carbocycles. The Balaban J connectivity index is 1.93. The maximum atomic E-state index is 11.8. The molecule has 2 saturated heterocycles. The predicted molar refractivity (Wildman–Crippen MR) is 59.7 cm³/mol. The molecule has 0 aliphatic carbocycles. The van der Waals surface area contributed by atoms with Gasteiger partial charge in [0, 0.05) is 18.3 Å². The van der Waals surface area contributed by atoms with Crippen LogP contribution in [0.4, 0.5) is 0 Å². The minimum atomic E-state index is -0.263. The zero-order valence-corrected chi connectivity index (χ0v) is 9.68. The first-order valence-corrected chi connectivity index (χ1v) is 6.56. The van der Waals surface area contributed by atoms with Gasteiger partial charge in [0.1, 0.15) is 0 Å². The number of likely N-dealkylation sites (tertiary alicyclic amines) is 1. The average molecular weight is 228 g/mol. The van der Waals surface area contributed by atoms with E-state index in [1.54, 1.807) is 0 Å². The van der Waals surface area contributed by atoms with E-state index in [9.17, 15) is 9.59 Å². The molecule has 2 rings (SSSR count). The van der Waals surface area contributed by atoms with Crippen molar-refractivity contribution in [1.29, 1.82) is 0 Å². The molecular formula is C10H16N2O2S. The number of thioether (sulfide) groups is 1. The van der Waals surface area contributed by atoms with Gasteiger partial charge in [-0.2, -0.15) is 11.8 Å². The van der Waals surface area contributed by atoms with E-state index in [0.717, 1.165) is 17.9 Å². The van der Waals surface area contributed by atoms with Gasteiger partial charge in [0.15, 0.2) is 0 Å². The number of imide groups is 1. The molecule has 0 radical (unpaired) electrons. The first kappa shape index (κ1) is 11.0. The summed E-state index contributed by atoms with van der Waals surface area (Å²) in [6.07, 6.45) is 1.45. The quantitative estimate of drug-likeness (QED) is 0.703. The summed E-state index contributed by atoms with van der Waals surface area (Å²) >= 11 is 1.90. The summed E-state index contributed by atoms with van der Waals surface area (Å²) in [5, 5.41) is 3.29. The van der Waals surface area contributed by atoms with Crippen LogP contribution in [0.15, 0.2) is 0 Å². The summed E-state index contributed by atoms with van der Waals surface area (Å²) in [6.45, 7) is 2.33. The van der Waals surface area contributed by atoms with Crippen LogP contribution in [0.3, 0.4) is 0 Å². The lowest BCUT2D eigenvalue weighted by Crippen LogP contribution is -2.43. The Morgan fingerprint density at radius 3 is 2.87 bits per heavy atom. The number of likely N-dealkylation sites (N-methyl/N-ethyl adjacent to an activating group) is 1. The molecule has 0 bridgehead atoms. The Kier molecular flexibility index (Phi) is 3.31. The largest absolute Gasteiger partial charge is 0.302 e. The lowest BCUT2D eigenvalue weighted by molar-refractivity contribution is -0.138. The Bertz CT molecular complexity index is 277. The van der Waals surface area contributed by atoms with Crippen molar-refractivity contribution in [2.24, 2.45) is 0 Å². The number of rotatable bonds is 3. The first-order chi connectivity index (χ1) is 7.22. The number of hydrogen-bond donors (Lipinski definition) is 1. The van der Waals surface area contributed by atoms with Crippen LogP contribution in [0.2, 0.25) is 0 Å². The average Bonchev–Trinajstić information content (AvgIpc) is 2.78. The van der Waals surface area contributed by atoms with Crippen molar-refractivity contribution in [1.82, 2.24) is 10.2 Å². The molecule has 2 atom stereocenters. The molecular weight excluding hydrogens is 212 g/mol. The van der Waals surface area contributed by atoms with E-state index in [2.05, 4.69) is 5.32 Å². The van der Waals surface area contributed by atoms with Crippen molar-refractivity contribution in [3.8, 4) is 0 Å². The number of amides is 2. The van der Waals surface area contributed by atoms with E-state index in [4.69, 9.17) is 0 Å². The highest BCUT2D eigenvalue weighted by Gasteiger charge is 2.38. The van der Waals surface area contributed by atoms with Gasteiger partial charge in [0.2, 0.25) is 11.8 Å². The fourth-order valence-electron chi connectivity index (χ4n) is 2.10. The number of nitrogens with one attached hydrogen (secondary N) is 1. The molecule has 5 heteroatoms. The second-order valence-electron chi connectivity index (χ2n) is 3.96. The molecule has 84 valence electrons. The topological polar surface area (TPSA) is 49.4 Å². The number of nitrogens with zero attached hydrogens (tertiary/aromatic N) is 1. The molecule has 2 fully saturated rings. The van der Waals surface area contributed by atoms with Crippen molar-refractivity contribution in [3.05, 3.63) is 0 Å². The second-order valence-corrected chi connectivity index (χ2v) is 5.11. The third-order valence-corrected chi connectivity index (χ3v) is 4.09. The molecule has 2 amide bonds. The molecule has 0 spiro atoms. The molecule has 0 aromatic rings. The van der Waals surface area contributed by atoms with E-state index in [1.165, 1.54) is 4.90 Å². The lowest BCUT2D eigenvalue weighted by Gasteiger charge is -2.16. The molecule has 2 unspecified atom stereocenters. The van der Waals surface area contributed by atoms with Crippen LogP contribution in [0, 0.1) is 0 Å². The number of hydrogen-bond acceptors (Lipinski definition) is 4. The third-order valence-electron chi connectivity index (χ3n) is 2.93.